The number of alkyl halides is 3. The first-order valence-corrected chi connectivity index (χ1v) is 42.3. The number of amides is 14. The van der Waals surface area contributed by atoms with E-state index in [1.807, 2.05) is 0 Å². The molecular weight excluding hydrogens is 1750 g/mol. The molecule has 0 unspecified atom stereocenters. The molecule has 0 saturated carbocycles. The molecule has 0 heterocycles. The van der Waals surface area contributed by atoms with Crippen molar-refractivity contribution in [3.05, 3.63) is 0 Å². The molecule has 0 aromatic carbocycles. The van der Waals surface area contributed by atoms with Crippen LogP contribution in [-0.4, -0.2) is 319 Å². The number of nitrogens with two attached hydrogens (primary N) is 13. The van der Waals surface area contributed by atoms with Crippen molar-refractivity contribution in [2.45, 2.75) is 226 Å². The van der Waals surface area contributed by atoms with Crippen LogP contribution in [0, 0.1) is 0 Å². The van der Waals surface area contributed by atoms with E-state index in [-0.39, 0.29) is 165 Å². The van der Waals surface area contributed by atoms with Crippen molar-refractivity contribution in [3.63, 3.8) is 0 Å². The zero-order valence-electron chi connectivity index (χ0n) is 70.7. The van der Waals surface area contributed by atoms with E-state index >= 15 is 0 Å². The maximum absolute atomic E-state index is 14.5. The molecule has 0 saturated heterocycles. The fourth-order valence-electron chi connectivity index (χ4n) is 11.1. The van der Waals surface area contributed by atoms with Gasteiger partial charge in [-0.25, -0.2) is 9.59 Å². The van der Waals surface area contributed by atoms with E-state index in [1.165, 1.54) is 0 Å². The van der Waals surface area contributed by atoms with Crippen LogP contribution in [0.5, 0.6) is 0 Å². The van der Waals surface area contributed by atoms with Gasteiger partial charge in [-0.3, -0.25) is 87.1 Å². The van der Waals surface area contributed by atoms with Crippen LogP contribution in [0.3, 0.4) is 0 Å². The van der Waals surface area contributed by atoms with Gasteiger partial charge in [-0.05, 0) is 162 Å². The molecule has 0 radical (unpaired) electrons. The van der Waals surface area contributed by atoms with Gasteiger partial charge in [0.2, 0.25) is 82.7 Å². The number of carbonyl (C=O) groups excluding carboxylic acids is 14. The molecule has 0 aliphatic heterocycles. The summed E-state index contributed by atoms with van der Waals surface area (Å²) in [6.45, 7) is -0.680. The fourth-order valence-corrected chi connectivity index (χ4v) is 11.8. The van der Waals surface area contributed by atoms with E-state index in [2.05, 4.69) is 132 Å². The van der Waals surface area contributed by atoms with Crippen molar-refractivity contribution in [2.24, 2.45) is 94.5 Å². The third-order valence-electron chi connectivity index (χ3n) is 17.8. The predicted molar refractivity (Wildman–Crippen MR) is 470 cm³/mol. The number of carboxylic acids is 2. The molecule has 0 fully saturated rings. The Labute approximate surface area is 747 Å². The van der Waals surface area contributed by atoms with Crippen LogP contribution in [0.15, 0.2) is 20.0 Å². The maximum Gasteiger partial charge on any atom is 0.490 e. The zero-order chi connectivity index (χ0) is 96.9. The smallest absolute Gasteiger partial charge is 0.480 e. The van der Waals surface area contributed by atoms with Gasteiger partial charge in [-0.1, -0.05) is 0 Å². The molecule has 57 heteroatoms. The third-order valence-corrected chi connectivity index (χ3v) is 18.9. The second-order valence-electron chi connectivity index (χ2n) is 28.3. The molecule has 0 aliphatic carbocycles. The Balaban J connectivity index is 0. The number of aliphatic hydroxyl groups excluding tert-OH is 2. The number of rotatable bonds is 66. The lowest BCUT2D eigenvalue weighted by Crippen LogP contribution is -2.62. The van der Waals surface area contributed by atoms with Gasteiger partial charge >= 0.3 is 18.1 Å². The number of aliphatic carboxylic acids is 2. The lowest BCUT2D eigenvalue weighted by Gasteiger charge is -2.27. The number of guanidine groups is 4. The molecule has 726 valence electrons. The largest absolute Gasteiger partial charge is 0.490 e. The third kappa shape index (κ3) is 53.4. The summed E-state index contributed by atoms with van der Waals surface area (Å²) in [5.74, 6) is -20.2. The van der Waals surface area contributed by atoms with E-state index in [4.69, 9.17) is 84.4 Å². The van der Waals surface area contributed by atoms with Gasteiger partial charge in [0.25, 0.3) is 0 Å². The number of unbranched alkanes of at least 4 members (excludes halogenated alkanes) is 4. The van der Waals surface area contributed by atoms with E-state index in [0.717, 1.165) is 6.92 Å². The van der Waals surface area contributed by atoms with Crippen LogP contribution >= 0.6 is 37.9 Å². The highest BCUT2D eigenvalue weighted by Gasteiger charge is 2.40. The first-order chi connectivity index (χ1) is 59.9. The minimum Gasteiger partial charge on any atom is -0.480 e. The summed E-state index contributed by atoms with van der Waals surface area (Å²) in [6, 6.07) is -19.7. The van der Waals surface area contributed by atoms with Crippen molar-refractivity contribution >= 4 is 156 Å². The van der Waals surface area contributed by atoms with Gasteiger partial charge in [0.15, 0.2) is 23.8 Å². The molecule has 14 amide bonds. The molecule has 51 nitrogen and oxygen atoms in total. The van der Waals surface area contributed by atoms with E-state index < -0.39 is 217 Å². The van der Waals surface area contributed by atoms with Gasteiger partial charge in [0, 0.05) is 43.4 Å². The number of carbonyl (C=O) groups is 16. The Morgan fingerprint density at radius 3 is 0.803 bits per heavy atom. The second kappa shape index (κ2) is 67.5. The van der Waals surface area contributed by atoms with Crippen LogP contribution in [0.2, 0.25) is 0 Å². The maximum atomic E-state index is 14.5. The number of aliphatic hydroxyl groups is 2. The standard InChI is InChI=1S/C68H131N31O18S3.C2HF3O2/c1-36(101)51(99-59(111)45(32-100)95-61(113)47(34-119)96-54(106)38(14-2-6-22-69)87-49(102)30-73)63(115)93-37(18-10-26-82-65(74)75)52(104)86-31-50(103)88-39(19-11-27-83-66(76)77)53(105)89-41(16-4-8-24-71)58(110)97-48(35-120)62(114)98-46(33-118)60(112)92-43(21-13-29-85-68(80)81)56(108)91-42(20-12-28-84-67(78)79)55(107)90-40(15-3-7-23-70)57(109)94-44(64(116)117)17-5-9-25-72;3-2(4,5)1(6)7/h36-48,51,100-101,118-120H,2-35,69-73H2,1H3,(H,86,104)(H,87,102)(H,88,103)(H,89,105)(H,90,107)(H,91,108)(H,92,112)(H,93,115)(H,94,109)(H,95,113)(H,96,106)(H,97,110)(H,98,114)(H,99,111)(H,116,117)(H4,74,75,82)(H4,76,77,83)(H4,78,79,84)(H4,80,81,85);(H,6,7)/t36-,37+,38+,39+,40+,41+,42+,43+,44+,45+,46+,47+,48+,51+;/m1./s1. The summed E-state index contributed by atoms with van der Waals surface area (Å²) in [4.78, 5) is 231. The van der Waals surface area contributed by atoms with Gasteiger partial charge in [-0.2, -0.15) is 51.1 Å². The molecule has 0 bridgehead atoms. The predicted octanol–water partition coefficient (Wildman–Crippen LogP) is -13.0. The number of hydrogen-bond acceptors (Lipinski definition) is 30. The van der Waals surface area contributed by atoms with Crippen molar-refractivity contribution in [2.75, 3.05) is 89.3 Å². The molecule has 0 aromatic rings. The van der Waals surface area contributed by atoms with Crippen molar-refractivity contribution in [1.82, 2.24) is 74.4 Å². The second-order valence-corrected chi connectivity index (χ2v) is 29.4. The lowest BCUT2D eigenvalue weighted by atomic mass is 10.0. The van der Waals surface area contributed by atoms with E-state index in [1.54, 1.807) is 0 Å². The number of nitrogens with zero attached hydrogens (tertiary/aromatic N) is 4. The lowest BCUT2D eigenvalue weighted by molar-refractivity contribution is -0.192. The van der Waals surface area contributed by atoms with Crippen molar-refractivity contribution in [3.8, 4) is 0 Å². The summed E-state index contributed by atoms with van der Waals surface area (Å²) >= 11 is 12.7. The average Bonchev–Trinajstić information content (AvgIpc) is 0.860. The molecule has 0 rings (SSSR count). The van der Waals surface area contributed by atoms with Gasteiger partial charge in [0.1, 0.15) is 78.5 Å². The molecule has 14 atom stereocenters. The molecule has 44 N–H and O–H groups in total. The summed E-state index contributed by atoms with van der Waals surface area (Å²) < 4.78 is 31.7. The normalized spacial score (nSPS) is 14.3. The first-order valence-electron chi connectivity index (χ1n) is 40.4. The Kier molecular flexibility index (Phi) is 62.8. The molecular formula is C70H132F3N31O20S3. The number of nitrogens with one attached hydrogen (secondary N) is 14. The van der Waals surface area contributed by atoms with Crippen LogP contribution in [0.1, 0.15) is 135 Å². The highest BCUT2D eigenvalue weighted by Crippen LogP contribution is 2.15. The average molecular weight is 1880 g/mol. The number of thiol groups is 3. The Morgan fingerprint density at radius 1 is 0.323 bits per heavy atom. The number of hydrogen-bond donors (Lipinski definition) is 34. The van der Waals surface area contributed by atoms with E-state index in [9.17, 15) is 100 Å². The van der Waals surface area contributed by atoms with Crippen LogP contribution in [-0.2, 0) is 76.7 Å². The van der Waals surface area contributed by atoms with Crippen molar-refractivity contribution in [1.29, 1.82) is 0 Å². The summed E-state index contributed by atoms with van der Waals surface area (Å²) in [5.41, 5.74) is 72.3. The van der Waals surface area contributed by atoms with Gasteiger partial charge < -0.3 is 169 Å². The zero-order valence-corrected chi connectivity index (χ0v) is 73.4. The van der Waals surface area contributed by atoms with E-state index in [0.29, 0.717) is 44.9 Å². The number of halogens is 3. The SMILES string of the molecule is C[C@@H](O)[C@H](NC(=O)[C@H](CO)NC(=O)[C@H](CS)NC(=O)[C@H](CCCCN)NC(=O)CN)C(=O)N[C@@H](CCCN=C(N)N)C(=O)NCC(=O)N[C@@H](CCCN=C(N)N)C(=O)N[C@@H](CCCCN)C(=O)N[C@@H](CS)C(=O)N[C@@H](CS)C(=O)N[C@@H](CCCN=C(N)N)C(=O)N[C@@H](CCCN=C(N)N)C(=O)N[C@@H](CCCCN)C(=O)N[C@@H](CCCCN)C(=O)O.O=C(O)C(F)(F)F. The molecule has 0 aliphatic rings. The Morgan fingerprint density at radius 2 is 0.551 bits per heavy atom. The summed E-state index contributed by atoms with van der Waals surface area (Å²) in [6.07, 6.45) is -4.49. The van der Waals surface area contributed by atoms with Crippen LogP contribution in [0.25, 0.3) is 0 Å². The summed E-state index contributed by atoms with van der Waals surface area (Å²) in [5, 5.41) is 72.5. The quantitative estimate of drug-likeness (QED) is 0.0116. The monoisotopic (exact) mass is 1880 g/mol. The number of aliphatic imine (C=N–C) groups is 4. The minimum absolute atomic E-state index is 0.00503. The fraction of sp³-hybridized carbons (Fsp3) is 0.714. The molecule has 0 spiro atoms. The summed E-state index contributed by atoms with van der Waals surface area (Å²) in [7, 11) is 0. The highest BCUT2D eigenvalue weighted by molar-refractivity contribution is 7.80. The Bertz CT molecular complexity index is 3590. The van der Waals surface area contributed by atoms with Gasteiger partial charge in [0.05, 0.1) is 25.8 Å². The molecule has 127 heavy (non-hydrogen) atoms. The first kappa shape index (κ1) is 118. The van der Waals surface area contributed by atoms with Gasteiger partial charge in [-0.15, -0.1) is 0 Å². The minimum atomic E-state index is -5.08. The van der Waals surface area contributed by atoms with Crippen LogP contribution in [0.4, 0.5) is 13.2 Å². The van der Waals surface area contributed by atoms with Crippen molar-refractivity contribution < 1.29 is 110 Å². The topological polar surface area (TPSA) is 910 Å². The Hall–Kier alpha value is -10.8. The van der Waals surface area contributed by atoms with Crippen LogP contribution < -0.4 is 149 Å². The molecule has 0 aromatic heterocycles. The number of carboxylic acid groups (broad SMARTS) is 2. The highest BCUT2D eigenvalue weighted by atomic mass is 32.1.